The average Bonchev–Trinajstić information content (AvgIpc) is 1.71. The molecule has 4 atom stereocenters. The van der Waals surface area contributed by atoms with Crippen molar-refractivity contribution >= 4 is 61.9 Å². The maximum atomic E-state index is 14.1. The summed E-state index contributed by atoms with van der Waals surface area (Å²) in [7, 11) is -9.71. The Bertz CT molecular complexity index is 4280. The van der Waals surface area contributed by atoms with Gasteiger partial charge >= 0.3 is 27.8 Å². The highest BCUT2D eigenvalue weighted by Gasteiger charge is 2.40. The van der Waals surface area contributed by atoms with Crippen LogP contribution in [0.5, 0.6) is 23.0 Å². The summed E-state index contributed by atoms with van der Waals surface area (Å²) in [6.45, 7) is 7.09. The normalized spacial score (nSPS) is 16.9. The van der Waals surface area contributed by atoms with Gasteiger partial charge in [-0.15, -0.1) is 0 Å². The van der Waals surface area contributed by atoms with Gasteiger partial charge in [0.25, 0.3) is 0 Å². The highest BCUT2D eigenvalue weighted by atomic mass is 31.2. The number of amides is 2. The molecule has 2 heterocycles. The molecule has 2 amide bonds. The molecule has 13 rings (SSSR count). The van der Waals surface area contributed by atoms with Crippen LogP contribution >= 0.6 is 15.6 Å². The van der Waals surface area contributed by atoms with Gasteiger partial charge in [-0.05, 0) is 80.9 Å². The van der Waals surface area contributed by atoms with E-state index in [1.54, 1.807) is 12.2 Å². The Morgan fingerprint density at radius 3 is 1.37 bits per heavy atom. The van der Waals surface area contributed by atoms with Gasteiger partial charge in [0.2, 0.25) is 0 Å². The van der Waals surface area contributed by atoms with Gasteiger partial charge in [-0.1, -0.05) is 245 Å². The molecule has 0 fully saturated rings. The van der Waals surface area contributed by atoms with Crippen molar-refractivity contribution < 1.29 is 65.7 Å². The Morgan fingerprint density at radius 2 is 0.925 bits per heavy atom. The number of allylic oxidation sites excluding steroid dienone is 4. The van der Waals surface area contributed by atoms with Crippen LogP contribution in [0.25, 0.3) is 77.2 Å². The van der Waals surface area contributed by atoms with E-state index >= 15 is 0 Å². The number of carbonyl (C=O) groups excluding carboxylic acids is 4. The third kappa shape index (κ3) is 16.4. The van der Waals surface area contributed by atoms with Crippen molar-refractivity contribution in [3.63, 3.8) is 0 Å². The molecule has 18 heteroatoms. The molecular weight excluding hydrogens is 1210 g/mol. The number of carbonyl (C=O) groups is 4. The van der Waals surface area contributed by atoms with Crippen LogP contribution in [0.4, 0.5) is 9.59 Å². The summed E-state index contributed by atoms with van der Waals surface area (Å²) in [6.07, 6.45) is 11.9. The first-order valence-electron chi connectivity index (χ1n) is 29.1. The van der Waals surface area contributed by atoms with Crippen LogP contribution in [0, 0.1) is 5.92 Å². The number of phosphoric acid groups is 2. The fourth-order valence-electron chi connectivity index (χ4n) is 10.6. The van der Waals surface area contributed by atoms with E-state index in [1.165, 1.54) is 12.3 Å². The number of hydrogen-bond donors (Lipinski definition) is 4. The SMILES string of the molecule is C.C=C/C=C/NC(=O)OCc1ccccc1.C=CC=O.O=C[C@@H]1CCC=C[C@@H]1NC(=O)OCc1ccccc1.O=P1(O)Oc2c(-c3ccccc3)cccc2-c2cc3ccccc3c(-c3c4c(cc5ccccc35)-c3cccc(-c5ccccc5)c3OP(=O)(O)O4)c2O1. The Balaban J connectivity index is 0.000000213. The topological polar surface area (TPSA) is 222 Å². The van der Waals surface area contributed by atoms with Gasteiger partial charge in [-0.3, -0.25) is 19.9 Å². The monoisotopic (exact) mass is 1280 g/mol. The Labute approximate surface area is 538 Å². The van der Waals surface area contributed by atoms with Crippen molar-refractivity contribution in [1.29, 1.82) is 0 Å². The minimum atomic E-state index is -4.85. The number of benzene rings is 10. The van der Waals surface area contributed by atoms with E-state index < -0.39 is 27.8 Å². The van der Waals surface area contributed by atoms with Crippen LogP contribution in [0.15, 0.2) is 268 Å². The lowest BCUT2D eigenvalue weighted by atomic mass is 9.85. The molecule has 0 spiro atoms. The maximum Gasteiger partial charge on any atom is 0.584 e. The Hall–Kier alpha value is -10.9. The fraction of sp³-hybridized carbons (Fsp3) is 0.0933. The zero-order valence-electron chi connectivity index (χ0n) is 49.5. The van der Waals surface area contributed by atoms with Gasteiger partial charge in [-0.25, -0.2) is 18.7 Å². The molecule has 2 unspecified atom stereocenters. The summed E-state index contributed by atoms with van der Waals surface area (Å²) in [6, 6.07) is 67.7. The van der Waals surface area contributed by atoms with Crippen molar-refractivity contribution in [3.05, 3.63) is 279 Å². The number of aldehydes is 2. The second kappa shape index (κ2) is 31.2. The van der Waals surface area contributed by atoms with E-state index in [0.29, 0.717) is 61.6 Å². The van der Waals surface area contributed by atoms with E-state index in [4.69, 9.17) is 32.4 Å². The molecule has 10 aromatic rings. The molecule has 2 aliphatic heterocycles. The zero-order valence-corrected chi connectivity index (χ0v) is 51.3. The largest absolute Gasteiger partial charge is 0.584 e. The summed E-state index contributed by atoms with van der Waals surface area (Å²) in [5.74, 6) is 0.342. The molecule has 0 radical (unpaired) electrons. The van der Waals surface area contributed by atoms with E-state index in [-0.39, 0.29) is 55.6 Å². The zero-order chi connectivity index (χ0) is 64.5. The first-order chi connectivity index (χ1) is 44.8. The summed E-state index contributed by atoms with van der Waals surface area (Å²) in [4.78, 5) is 65.7. The molecule has 93 heavy (non-hydrogen) atoms. The van der Waals surface area contributed by atoms with Gasteiger partial charge in [0.05, 0.1) is 6.04 Å². The number of ether oxygens (including phenoxy) is 2. The molecule has 470 valence electrons. The standard InChI is InChI=1S/C44H28O8P2.C15H17NO3.C12H13NO2.C3H4O.CH4/c45-53(46)49-41-33(27-13-3-1-4-14-27)21-11-23-35(41)37-25-29-17-7-9-19-31(29)39(43(37)51-53)40-32-20-10-8-18-30(32)26-38-36-24-12-22-34(28-15-5-2-6-16-28)42(36)50-54(47,48)52-44(38)40;17-10-13-8-4-5-9-14(13)16-15(18)19-11-12-6-2-1-3-7-12;1-2-3-9-13-12(14)15-10-11-7-5-4-6-8-11;1-2-3-4;/h1-26H,(H,45,46)(H,47,48);1-3,5-7,9-10,13-14H,4,8,11H2,(H,16,18);2-9H,1,10H2,(H,13,14);2-3H,1H2;1H4/b;;9-3+;;/t;13-,14-;;;/m.0.../s1. The minimum absolute atomic E-state index is 0. The van der Waals surface area contributed by atoms with Crippen LogP contribution in [-0.4, -0.2) is 40.6 Å². The van der Waals surface area contributed by atoms with Crippen LogP contribution in [-0.2, 0) is 41.4 Å². The van der Waals surface area contributed by atoms with E-state index in [0.717, 1.165) is 52.2 Å². The minimum Gasteiger partial charge on any atom is -0.445 e. The summed E-state index contributed by atoms with van der Waals surface area (Å²) in [5, 5.41) is 8.02. The summed E-state index contributed by atoms with van der Waals surface area (Å²) >= 11 is 0. The highest BCUT2D eigenvalue weighted by molar-refractivity contribution is 7.48. The fourth-order valence-corrected chi connectivity index (χ4v) is 12.4. The Morgan fingerprint density at radius 1 is 0.516 bits per heavy atom. The van der Waals surface area contributed by atoms with Crippen molar-refractivity contribution in [2.45, 2.75) is 39.5 Å². The lowest BCUT2D eigenvalue weighted by Gasteiger charge is -2.23. The predicted molar refractivity (Wildman–Crippen MR) is 364 cm³/mol. The Kier molecular flexibility index (Phi) is 22.4. The maximum absolute atomic E-state index is 14.1. The van der Waals surface area contributed by atoms with E-state index in [1.807, 2.05) is 231 Å². The number of alkyl carbamates (subject to hydrolysis) is 2. The highest BCUT2D eigenvalue weighted by Crippen LogP contribution is 2.64. The van der Waals surface area contributed by atoms with Crippen LogP contribution < -0.4 is 28.7 Å². The van der Waals surface area contributed by atoms with Gasteiger partial charge in [0, 0.05) is 56.6 Å². The number of para-hydroxylation sites is 2. The third-order valence-electron chi connectivity index (χ3n) is 14.7. The van der Waals surface area contributed by atoms with Crippen molar-refractivity contribution in [3.8, 4) is 78.6 Å². The van der Waals surface area contributed by atoms with Gasteiger partial charge in [0.1, 0.15) is 48.8 Å². The average molecular weight is 1280 g/mol. The van der Waals surface area contributed by atoms with E-state index in [9.17, 15) is 33.3 Å². The number of hydrogen-bond acceptors (Lipinski definition) is 12. The molecular formula is C75H66N2O14P2. The van der Waals surface area contributed by atoms with Crippen LogP contribution in [0.2, 0.25) is 0 Å². The van der Waals surface area contributed by atoms with Gasteiger partial charge in [-0.2, -0.15) is 0 Å². The molecule has 0 saturated carbocycles. The van der Waals surface area contributed by atoms with Crippen molar-refractivity contribution in [1.82, 2.24) is 10.6 Å². The van der Waals surface area contributed by atoms with Gasteiger partial charge in [0.15, 0.2) is 0 Å². The first-order valence-corrected chi connectivity index (χ1v) is 32.1. The number of nitrogens with one attached hydrogen (secondary N) is 2. The number of fused-ring (bicyclic) bond motifs is 8. The van der Waals surface area contributed by atoms with Crippen molar-refractivity contribution in [2.75, 3.05) is 0 Å². The summed E-state index contributed by atoms with van der Waals surface area (Å²) in [5.41, 5.74) is 7.52. The molecule has 0 bridgehead atoms. The van der Waals surface area contributed by atoms with Crippen LogP contribution in [0.3, 0.4) is 0 Å². The number of rotatable bonds is 12. The first kappa shape index (κ1) is 66.6. The predicted octanol–water partition coefficient (Wildman–Crippen LogP) is 18.1. The van der Waals surface area contributed by atoms with Crippen molar-refractivity contribution in [2.24, 2.45) is 5.92 Å². The lowest BCUT2D eigenvalue weighted by Crippen LogP contribution is -2.41. The molecule has 16 nitrogen and oxygen atoms in total. The third-order valence-corrected chi connectivity index (χ3v) is 16.4. The molecule has 4 N–H and O–H groups in total. The molecule has 10 aromatic carbocycles. The summed E-state index contributed by atoms with van der Waals surface area (Å²) < 4.78 is 62.4. The second-order valence-corrected chi connectivity index (χ2v) is 23.4. The molecule has 0 saturated heterocycles. The smallest absolute Gasteiger partial charge is 0.445 e. The second-order valence-electron chi connectivity index (χ2n) is 20.8. The number of phosphoric ester groups is 2. The molecule has 1 aliphatic carbocycles. The molecule has 3 aliphatic rings. The van der Waals surface area contributed by atoms with Gasteiger partial charge < -0.3 is 37.7 Å². The molecule has 0 aromatic heterocycles. The van der Waals surface area contributed by atoms with E-state index in [2.05, 4.69) is 23.8 Å². The lowest BCUT2D eigenvalue weighted by molar-refractivity contribution is -0.111. The van der Waals surface area contributed by atoms with Crippen LogP contribution in [0.1, 0.15) is 31.4 Å². The quantitative estimate of drug-likeness (QED) is 0.0294.